The van der Waals surface area contributed by atoms with Crippen LogP contribution in [0.3, 0.4) is 0 Å². The summed E-state index contributed by atoms with van der Waals surface area (Å²) in [5, 5.41) is 7.89. The van der Waals surface area contributed by atoms with E-state index < -0.39 is 0 Å². The van der Waals surface area contributed by atoms with Gasteiger partial charge in [0.05, 0.1) is 11.9 Å². The van der Waals surface area contributed by atoms with Gasteiger partial charge in [-0.2, -0.15) is 11.8 Å². The maximum atomic E-state index is 12.4. The van der Waals surface area contributed by atoms with E-state index in [0.29, 0.717) is 5.69 Å². The smallest absolute Gasteiger partial charge is 0.186 e. The normalized spacial score (nSPS) is 19.0. The van der Waals surface area contributed by atoms with Crippen LogP contribution >= 0.6 is 11.8 Å². The minimum atomic E-state index is 0.121. The highest BCUT2D eigenvalue weighted by atomic mass is 32.2. The molecule has 1 aliphatic heterocycles. The Bertz CT molecular complexity index is 546. The van der Waals surface area contributed by atoms with Gasteiger partial charge in [-0.1, -0.05) is 23.4 Å². The average Bonchev–Trinajstić information content (AvgIpc) is 3.10. The third-order valence-corrected chi connectivity index (χ3v) is 4.27. The average molecular weight is 259 g/mol. The molecular weight excluding hydrogens is 246 g/mol. The second kappa shape index (κ2) is 4.94. The monoisotopic (exact) mass is 259 g/mol. The first-order valence-corrected chi connectivity index (χ1v) is 7.10. The second-order valence-electron chi connectivity index (χ2n) is 4.29. The lowest BCUT2D eigenvalue weighted by Gasteiger charge is -2.08. The number of hydrogen-bond acceptors (Lipinski definition) is 4. The lowest BCUT2D eigenvalue weighted by molar-refractivity contribution is 0.0926. The van der Waals surface area contributed by atoms with Crippen molar-refractivity contribution in [1.29, 1.82) is 0 Å². The summed E-state index contributed by atoms with van der Waals surface area (Å²) in [6.07, 6.45) is 2.53. The Labute approximate surface area is 109 Å². The number of benzene rings is 1. The van der Waals surface area contributed by atoms with Gasteiger partial charge in [-0.25, -0.2) is 4.68 Å². The van der Waals surface area contributed by atoms with Gasteiger partial charge in [0.15, 0.2) is 5.78 Å². The third-order valence-electron chi connectivity index (χ3n) is 3.10. The second-order valence-corrected chi connectivity index (χ2v) is 5.44. The van der Waals surface area contributed by atoms with E-state index in [1.807, 2.05) is 42.1 Å². The van der Waals surface area contributed by atoms with Crippen LogP contribution in [0.4, 0.5) is 0 Å². The van der Waals surface area contributed by atoms with Crippen molar-refractivity contribution < 1.29 is 4.79 Å². The third kappa shape index (κ3) is 2.06. The molecule has 0 bridgehead atoms. The van der Waals surface area contributed by atoms with Gasteiger partial charge >= 0.3 is 0 Å². The molecule has 0 spiro atoms. The molecule has 1 fully saturated rings. The zero-order chi connectivity index (χ0) is 12.4. The molecule has 18 heavy (non-hydrogen) atoms. The SMILES string of the molecule is O=C(c1cnnn1-c1ccccc1)C1CCSC1. The van der Waals surface area contributed by atoms with Gasteiger partial charge in [-0.3, -0.25) is 4.79 Å². The minimum Gasteiger partial charge on any atom is -0.292 e. The van der Waals surface area contributed by atoms with E-state index in [0.717, 1.165) is 23.6 Å². The van der Waals surface area contributed by atoms with E-state index in [2.05, 4.69) is 10.3 Å². The van der Waals surface area contributed by atoms with Crippen LogP contribution in [-0.2, 0) is 0 Å². The Morgan fingerprint density at radius 1 is 1.33 bits per heavy atom. The standard InChI is InChI=1S/C13H13N3OS/c17-13(10-6-7-18-9-10)12-8-14-15-16(12)11-4-2-1-3-5-11/h1-5,8,10H,6-7,9H2. The molecule has 0 amide bonds. The van der Waals surface area contributed by atoms with Gasteiger partial charge in [-0.05, 0) is 24.3 Å². The lowest BCUT2D eigenvalue weighted by Crippen LogP contribution is -2.18. The number of aromatic nitrogens is 3. The van der Waals surface area contributed by atoms with Crippen molar-refractivity contribution in [2.45, 2.75) is 6.42 Å². The maximum absolute atomic E-state index is 12.4. The molecule has 0 radical (unpaired) electrons. The first-order valence-electron chi connectivity index (χ1n) is 5.94. The first-order chi connectivity index (χ1) is 8.86. The topological polar surface area (TPSA) is 47.8 Å². The molecule has 4 nitrogen and oxygen atoms in total. The number of ketones is 1. The van der Waals surface area contributed by atoms with Crippen LogP contribution in [0.5, 0.6) is 0 Å². The molecule has 0 N–H and O–H groups in total. The number of Topliss-reactive ketones (excluding diaryl/α,β-unsaturated/α-hetero) is 1. The molecule has 1 atom stereocenters. The summed E-state index contributed by atoms with van der Waals surface area (Å²) in [5.74, 6) is 2.27. The van der Waals surface area contributed by atoms with E-state index in [4.69, 9.17) is 0 Å². The largest absolute Gasteiger partial charge is 0.292 e. The van der Waals surface area contributed by atoms with Crippen LogP contribution in [0, 0.1) is 5.92 Å². The van der Waals surface area contributed by atoms with Gasteiger partial charge < -0.3 is 0 Å². The summed E-state index contributed by atoms with van der Waals surface area (Å²) in [4.78, 5) is 12.4. The molecule has 0 saturated carbocycles. The van der Waals surface area contributed by atoms with Gasteiger partial charge in [0, 0.05) is 11.7 Å². The van der Waals surface area contributed by atoms with E-state index in [-0.39, 0.29) is 11.7 Å². The predicted octanol–water partition coefficient (Wildman–Crippen LogP) is 2.20. The fraction of sp³-hybridized carbons (Fsp3) is 0.308. The van der Waals surface area contributed by atoms with Crippen LogP contribution in [0.15, 0.2) is 36.5 Å². The van der Waals surface area contributed by atoms with E-state index in [1.165, 1.54) is 0 Å². The summed E-state index contributed by atoms with van der Waals surface area (Å²) in [6, 6.07) is 9.65. The van der Waals surface area contributed by atoms with Crippen molar-refractivity contribution in [2.75, 3.05) is 11.5 Å². The minimum absolute atomic E-state index is 0.121. The molecule has 1 aliphatic rings. The predicted molar refractivity (Wildman–Crippen MR) is 71.1 cm³/mol. The molecule has 2 aromatic rings. The zero-order valence-corrected chi connectivity index (χ0v) is 10.6. The number of thioether (sulfide) groups is 1. The first kappa shape index (κ1) is 11.5. The lowest BCUT2D eigenvalue weighted by atomic mass is 10.0. The van der Waals surface area contributed by atoms with Crippen LogP contribution < -0.4 is 0 Å². The van der Waals surface area contributed by atoms with E-state index in [9.17, 15) is 4.79 Å². The van der Waals surface area contributed by atoms with E-state index >= 15 is 0 Å². The fourth-order valence-corrected chi connectivity index (χ4v) is 3.33. The van der Waals surface area contributed by atoms with Crippen LogP contribution in [0.2, 0.25) is 0 Å². The van der Waals surface area contributed by atoms with Crippen LogP contribution in [0.25, 0.3) is 5.69 Å². The Morgan fingerprint density at radius 3 is 2.89 bits per heavy atom. The van der Waals surface area contributed by atoms with Crippen molar-refractivity contribution in [2.24, 2.45) is 5.92 Å². The fourth-order valence-electron chi connectivity index (χ4n) is 2.11. The van der Waals surface area contributed by atoms with Crippen LogP contribution in [0.1, 0.15) is 16.9 Å². The number of para-hydroxylation sites is 1. The Hall–Kier alpha value is -1.62. The van der Waals surface area contributed by atoms with Gasteiger partial charge in [0.2, 0.25) is 0 Å². The zero-order valence-electron chi connectivity index (χ0n) is 9.82. The summed E-state index contributed by atoms with van der Waals surface area (Å²) >= 11 is 1.84. The summed E-state index contributed by atoms with van der Waals surface area (Å²) in [5.41, 5.74) is 1.47. The number of carbonyl (C=O) groups is 1. The van der Waals surface area contributed by atoms with Gasteiger partial charge in [-0.15, -0.1) is 5.10 Å². The number of rotatable bonds is 3. The number of carbonyl (C=O) groups excluding carboxylic acids is 1. The molecule has 1 aromatic heterocycles. The van der Waals surface area contributed by atoms with Crippen molar-refractivity contribution in [1.82, 2.24) is 15.0 Å². The van der Waals surface area contributed by atoms with Crippen LogP contribution in [-0.4, -0.2) is 32.3 Å². The highest BCUT2D eigenvalue weighted by Crippen LogP contribution is 2.26. The molecule has 5 heteroatoms. The quantitative estimate of drug-likeness (QED) is 0.793. The Morgan fingerprint density at radius 2 is 2.17 bits per heavy atom. The molecular formula is C13H13N3OS. The number of hydrogen-bond donors (Lipinski definition) is 0. The molecule has 0 aliphatic carbocycles. The maximum Gasteiger partial charge on any atom is 0.186 e. The van der Waals surface area contributed by atoms with Gasteiger partial charge in [0.25, 0.3) is 0 Å². The molecule has 1 saturated heterocycles. The van der Waals surface area contributed by atoms with Crippen molar-refractivity contribution >= 4 is 17.5 Å². The van der Waals surface area contributed by atoms with Gasteiger partial charge in [0.1, 0.15) is 5.69 Å². The highest BCUT2D eigenvalue weighted by Gasteiger charge is 2.27. The van der Waals surface area contributed by atoms with Crippen molar-refractivity contribution in [3.8, 4) is 5.69 Å². The van der Waals surface area contributed by atoms with Crippen molar-refractivity contribution in [3.05, 3.63) is 42.2 Å². The summed E-state index contributed by atoms with van der Waals surface area (Å²) in [6.45, 7) is 0. The Balaban J connectivity index is 1.94. The molecule has 2 heterocycles. The summed E-state index contributed by atoms with van der Waals surface area (Å²) < 4.78 is 1.63. The Kier molecular flexibility index (Phi) is 3.15. The highest BCUT2D eigenvalue weighted by molar-refractivity contribution is 7.99. The summed E-state index contributed by atoms with van der Waals surface area (Å²) in [7, 11) is 0. The molecule has 1 unspecified atom stereocenters. The molecule has 1 aromatic carbocycles. The number of nitrogens with zero attached hydrogens (tertiary/aromatic N) is 3. The molecule has 3 rings (SSSR count). The van der Waals surface area contributed by atoms with Crippen molar-refractivity contribution in [3.63, 3.8) is 0 Å². The van der Waals surface area contributed by atoms with E-state index in [1.54, 1.807) is 10.9 Å². The molecule has 92 valence electrons.